The van der Waals surface area contributed by atoms with Gasteiger partial charge in [-0.1, -0.05) is 24.3 Å². The van der Waals surface area contributed by atoms with Gasteiger partial charge < -0.3 is 10.6 Å². The topological polar surface area (TPSA) is 41.1 Å². The lowest BCUT2D eigenvalue weighted by Gasteiger charge is -2.61. The van der Waals surface area contributed by atoms with Crippen molar-refractivity contribution < 1.29 is 18.0 Å². The highest BCUT2D eigenvalue weighted by Gasteiger charge is 2.68. The molecule has 3 nitrogen and oxygen atoms in total. The van der Waals surface area contributed by atoms with Crippen LogP contribution in [0.5, 0.6) is 0 Å². The third-order valence-corrected chi connectivity index (χ3v) is 7.83. The van der Waals surface area contributed by atoms with E-state index in [0.717, 1.165) is 19.4 Å². The van der Waals surface area contributed by atoms with Crippen LogP contribution in [0.15, 0.2) is 24.3 Å². The van der Waals surface area contributed by atoms with Crippen molar-refractivity contribution in [2.45, 2.75) is 57.2 Å². The van der Waals surface area contributed by atoms with Crippen molar-refractivity contribution in [1.82, 2.24) is 10.6 Å². The van der Waals surface area contributed by atoms with Gasteiger partial charge in [0, 0.05) is 12.6 Å². The van der Waals surface area contributed by atoms with E-state index in [1.807, 2.05) is 12.1 Å². The second-order valence-corrected chi connectivity index (χ2v) is 9.68. The number of alkyl halides is 3. The van der Waals surface area contributed by atoms with Crippen LogP contribution in [-0.4, -0.2) is 25.2 Å². The van der Waals surface area contributed by atoms with E-state index in [1.165, 1.54) is 11.1 Å². The Morgan fingerprint density at radius 1 is 1.14 bits per heavy atom. The van der Waals surface area contributed by atoms with Gasteiger partial charge in [0.05, 0.1) is 10.8 Å². The van der Waals surface area contributed by atoms with Crippen LogP contribution in [0.4, 0.5) is 13.2 Å². The summed E-state index contributed by atoms with van der Waals surface area (Å²) in [5, 5.41) is 6.49. The molecule has 0 radical (unpaired) electrons. The molecule has 3 atom stereocenters. The lowest BCUT2D eigenvalue weighted by atomic mass is 9.43. The van der Waals surface area contributed by atoms with Crippen molar-refractivity contribution >= 4 is 18.3 Å². The average Bonchev–Trinajstić information content (AvgIpc) is 2.64. The van der Waals surface area contributed by atoms with Crippen LogP contribution < -0.4 is 10.6 Å². The minimum atomic E-state index is -4.21. The Morgan fingerprint density at radius 3 is 2.52 bits per heavy atom. The van der Waals surface area contributed by atoms with E-state index in [-0.39, 0.29) is 55.5 Å². The molecule has 1 heterocycles. The van der Waals surface area contributed by atoms with E-state index in [0.29, 0.717) is 19.4 Å². The molecular formula is C22H28ClF3N2O. The Hall–Kier alpha value is -1.27. The number of carbonyl (C=O) groups is 1. The fraction of sp³-hybridized carbons (Fsp3) is 0.682. The zero-order valence-electron chi connectivity index (χ0n) is 16.4. The van der Waals surface area contributed by atoms with Crippen molar-refractivity contribution in [1.29, 1.82) is 0 Å². The van der Waals surface area contributed by atoms with E-state index in [4.69, 9.17) is 0 Å². The summed E-state index contributed by atoms with van der Waals surface area (Å²) in [5.74, 6) is -0.0654. The predicted molar refractivity (Wildman–Crippen MR) is 107 cm³/mol. The average molecular weight is 429 g/mol. The molecule has 1 aliphatic heterocycles. The van der Waals surface area contributed by atoms with Gasteiger partial charge in [-0.25, -0.2) is 0 Å². The second kappa shape index (κ2) is 7.16. The summed E-state index contributed by atoms with van der Waals surface area (Å²) >= 11 is 0. The summed E-state index contributed by atoms with van der Waals surface area (Å²) in [6.45, 7) is 1.29. The summed E-state index contributed by atoms with van der Waals surface area (Å²) in [6, 6.07) is 8.22. The summed E-state index contributed by atoms with van der Waals surface area (Å²) in [6.07, 6.45) is -0.702. The van der Waals surface area contributed by atoms with Gasteiger partial charge in [0.1, 0.15) is 0 Å². The smallest absolute Gasteiger partial charge is 0.354 e. The quantitative estimate of drug-likeness (QED) is 0.741. The first-order valence-corrected chi connectivity index (χ1v) is 10.5. The molecule has 1 aromatic carbocycles. The molecular weight excluding hydrogens is 401 g/mol. The Morgan fingerprint density at radius 2 is 1.83 bits per heavy atom. The second-order valence-electron chi connectivity index (χ2n) is 9.68. The lowest BCUT2D eigenvalue weighted by molar-refractivity contribution is -0.283. The monoisotopic (exact) mass is 428 g/mol. The molecule has 0 spiro atoms. The van der Waals surface area contributed by atoms with Crippen LogP contribution in [0, 0.1) is 22.7 Å². The first-order chi connectivity index (χ1) is 13.3. The maximum Gasteiger partial charge on any atom is 0.394 e. The summed E-state index contributed by atoms with van der Waals surface area (Å²) in [4.78, 5) is 13.2. The van der Waals surface area contributed by atoms with Gasteiger partial charge in [-0.3, -0.25) is 4.79 Å². The zero-order valence-corrected chi connectivity index (χ0v) is 17.2. The minimum absolute atomic E-state index is 0. The summed E-state index contributed by atoms with van der Waals surface area (Å²) < 4.78 is 41.8. The van der Waals surface area contributed by atoms with E-state index in [9.17, 15) is 18.0 Å². The number of carbonyl (C=O) groups excluding carboxylic acids is 1. The van der Waals surface area contributed by atoms with Gasteiger partial charge in [0.25, 0.3) is 0 Å². The molecule has 7 heteroatoms. The molecule has 3 unspecified atom stereocenters. The molecule has 1 amide bonds. The zero-order chi connectivity index (χ0) is 19.6. The van der Waals surface area contributed by atoms with Gasteiger partial charge in [0.2, 0.25) is 5.91 Å². The van der Waals surface area contributed by atoms with Crippen molar-refractivity contribution in [2.75, 3.05) is 13.1 Å². The molecule has 160 valence electrons. The Bertz CT molecular complexity index is 783. The first-order valence-electron chi connectivity index (χ1n) is 10.5. The molecule has 1 aromatic rings. The van der Waals surface area contributed by atoms with Crippen molar-refractivity contribution in [2.24, 2.45) is 22.7 Å². The van der Waals surface area contributed by atoms with Crippen LogP contribution in [-0.2, 0) is 11.2 Å². The minimum Gasteiger partial charge on any atom is -0.354 e. The van der Waals surface area contributed by atoms with Crippen LogP contribution >= 0.6 is 12.4 Å². The Balaban J connectivity index is 0.00000205. The molecule has 4 fully saturated rings. The molecule has 6 rings (SSSR count). The fourth-order valence-electron chi connectivity index (χ4n) is 7.02. The molecule has 4 aliphatic carbocycles. The van der Waals surface area contributed by atoms with Crippen LogP contribution in [0.3, 0.4) is 0 Å². The van der Waals surface area contributed by atoms with Crippen molar-refractivity contribution in [3.63, 3.8) is 0 Å². The fourth-order valence-corrected chi connectivity index (χ4v) is 7.02. The highest BCUT2D eigenvalue weighted by atomic mass is 35.5. The molecule has 5 aliphatic rings. The van der Waals surface area contributed by atoms with Gasteiger partial charge in [-0.15, -0.1) is 12.4 Å². The van der Waals surface area contributed by atoms with Crippen molar-refractivity contribution in [3.8, 4) is 0 Å². The Kier molecular flexibility index (Phi) is 5.18. The van der Waals surface area contributed by atoms with Crippen LogP contribution in [0.25, 0.3) is 0 Å². The number of halogens is 4. The highest BCUT2D eigenvalue weighted by Crippen LogP contribution is 2.69. The van der Waals surface area contributed by atoms with Crippen LogP contribution in [0.1, 0.15) is 55.7 Å². The molecule has 0 saturated heterocycles. The van der Waals surface area contributed by atoms with E-state index >= 15 is 0 Å². The molecule has 29 heavy (non-hydrogen) atoms. The number of hydrogen-bond donors (Lipinski definition) is 2. The normalized spacial score (nSPS) is 37.6. The van der Waals surface area contributed by atoms with Crippen molar-refractivity contribution in [3.05, 3.63) is 35.4 Å². The van der Waals surface area contributed by atoms with Gasteiger partial charge in [-0.2, -0.15) is 13.2 Å². The number of hydrogen-bond acceptors (Lipinski definition) is 2. The summed E-state index contributed by atoms with van der Waals surface area (Å²) in [5.41, 5.74) is 0.00963. The number of benzene rings is 1. The number of rotatable bonds is 3. The SMILES string of the molecule is Cl.O=C(NCC1NCCc2ccccc21)C12CC3CC(C1)CC(C(F)(F)F)(C3)C2. The summed E-state index contributed by atoms with van der Waals surface area (Å²) in [7, 11) is 0. The third-order valence-electron chi connectivity index (χ3n) is 7.83. The molecule has 4 saturated carbocycles. The number of fused-ring (bicyclic) bond motifs is 1. The van der Waals surface area contributed by atoms with Gasteiger partial charge >= 0.3 is 6.18 Å². The maximum atomic E-state index is 13.9. The van der Waals surface area contributed by atoms with Gasteiger partial charge in [0.15, 0.2) is 0 Å². The number of nitrogens with one attached hydrogen (secondary N) is 2. The lowest BCUT2D eigenvalue weighted by Crippen LogP contribution is -2.61. The van der Waals surface area contributed by atoms with E-state index in [1.54, 1.807) is 0 Å². The van der Waals surface area contributed by atoms with Gasteiger partial charge in [-0.05, 0) is 74.5 Å². The maximum absolute atomic E-state index is 13.9. The predicted octanol–water partition coefficient (Wildman–Crippen LogP) is 4.56. The molecule has 0 aromatic heterocycles. The van der Waals surface area contributed by atoms with E-state index in [2.05, 4.69) is 22.8 Å². The number of amides is 1. The van der Waals surface area contributed by atoms with Crippen LogP contribution in [0.2, 0.25) is 0 Å². The standard InChI is InChI=1S/C22H27F3N2O.ClH/c23-22(24,25)21-10-14-7-15(11-21)9-20(8-14,13-21)19(28)27-12-18-17-4-2-1-3-16(17)5-6-26-18;/h1-4,14-15,18,26H,5-13H2,(H,27,28);1H. The first kappa shape index (κ1) is 21.0. The Labute approximate surface area is 175 Å². The largest absolute Gasteiger partial charge is 0.394 e. The third kappa shape index (κ3) is 3.36. The molecule has 2 N–H and O–H groups in total. The highest BCUT2D eigenvalue weighted by molar-refractivity contribution is 5.85. The van der Waals surface area contributed by atoms with E-state index < -0.39 is 17.0 Å². The molecule has 4 bridgehead atoms.